The Kier molecular flexibility index (Phi) is 6.41. The lowest BCUT2D eigenvalue weighted by Crippen LogP contribution is -2.49. The van der Waals surface area contributed by atoms with Crippen molar-refractivity contribution in [1.29, 1.82) is 0 Å². The number of amides is 1. The van der Waals surface area contributed by atoms with Crippen LogP contribution in [0.25, 0.3) is 16.6 Å². The predicted octanol–water partition coefficient (Wildman–Crippen LogP) is 2.96. The number of anilines is 3. The lowest BCUT2D eigenvalue weighted by atomic mass is 10.1. The lowest BCUT2D eigenvalue weighted by Gasteiger charge is -2.32. The quantitative estimate of drug-likeness (QED) is 0.404. The van der Waals surface area contributed by atoms with E-state index in [0.717, 1.165) is 5.56 Å². The molecule has 1 aliphatic heterocycles. The fraction of sp³-hybridized carbons (Fsp3) is 0.333. The minimum Gasteiger partial charge on any atom is -0.338 e. The van der Waals surface area contributed by atoms with Crippen molar-refractivity contribution in [2.45, 2.75) is 32.7 Å². The molecule has 0 bridgehead atoms. The second-order valence-electron chi connectivity index (χ2n) is 11.0. The number of nitrogens with one attached hydrogen (secondary N) is 1. The van der Waals surface area contributed by atoms with Gasteiger partial charge in [0.15, 0.2) is 0 Å². The van der Waals surface area contributed by atoms with Gasteiger partial charge in [0.1, 0.15) is 17.0 Å². The molecule has 0 unspecified atom stereocenters. The highest BCUT2D eigenvalue weighted by Crippen LogP contribution is 2.34. The molecule has 1 saturated heterocycles. The molecule has 1 N–H and O–H groups in total. The molecule has 0 spiro atoms. The zero-order valence-electron chi connectivity index (χ0n) is 23.4. The van der Waals surface area contributed by atoms with Crippen molar-refractivity contribution in [3.05, 3.63) is 90.6 Å². The maximum atomic E-state index is 14.9. The minimum absolute atomic E-state index is 0.0623. The molecule has 2 aromatic carbocycles. The molecule has 10 nitrogen and oxygen atoms in total. The number of carbonyl (C=O) groups is 1. The van der Waals surface area contributed by atoms with Gasteiger partial charge in [0, 0.05) is 37.4 Å². The molecule has 11 heteroatoms. The highest BCUT2D eigenvalue weighted by Gasteiger charge is 2.32. The number of hydrogen-bond donors (Lipinski definition) is 1. The van der Waals surface area contributed by atoms with E-state index in [-0.39, 0.29) is 46.5 Å². The van der Waals surface area contributed by atoms with Crippen LogP contribution in [0.3, 0.4) is 0 Å². The molecule has 0 radical (unpaired) electrons. The summed E-state index contributed by atoms with van der Waals surface area (Å²) in [5, 5.41) is 3.09. The van der Waals surface area contributed by atoms with Crippen LogP contribution in [0, 0.1) is 19.7 Å². The van der Waals surface area contributed by atoms with E-state index in [1.165, 1.54) is 26.8 Å². The van der Waals surface area contributed by atoms with E-state index < -0.39 is 22.6 Å². The Morgan fingerprint density at radius 3 is 2.32 bits per heavy atom. The highest BCUT2D eigenvalue weighted by molar-refractivity contribution is 5.96. The van der Waals surface area contributed by atoms with Gasteiger partial charge in [0.05, 0.1) is 23.4 Å². The van der Waals surface area contributed by atoms with Crippen molar-refractivity contribution in [2.75, 3.05) is 36.9 Å². The van der Waals surface area contributed by atoms with Gasteiger partial charge in [-0.25, -0.2) is 9.18 Å². The molecule has 4 aromatic rings. The third kappa shape index (κ3) is 4.46. The standard InChI is InChI=1S/C30H31FN6O4/c1-17-8-11-23(22(31)14-17)32-27-25-26(18(2)28(39)34(27)4)36(30(41)37(29(25)40)19-9-10-19)21-7-5-6-20(15-21)35-13-12-33(3)16-24(35)38/h5-8,11,14-15,19,32H,9-10,12-13,16H2,1-4H3. The van der Waals surface area contributed by atoms with E-state index in [2.05, 4.69) is 5.32 Å². The number of halogens is 1. The van der Waals surface area contributed by atoms with Gasteiger partial charge < -0.3 is 10.2 Å². The third-order valence-corrected chi connectivity index (χ3v) is 7.94. The van der Waals surface area contributed by atoms with E-state index in [1.54, 1.807) is 55.1 Å². The van der Waals surface area contributed by atoms with Gasteiger partial charge in [-0.2, -0.15) is 0 Å². The van der Waals surface area contributed by atoms with Gasteiger partial charge in [-0.1, -0.05) is 12.1 Å². The Morgan fingerprint density at radius 1 is 0.902 bits per heavy atom. The SMILES string of the molecule is Cc1ccc(Nc2c3c(=O)n(C4CC4)c(=O)n(-c4cccc(N5CCN(C)CC5=O)c4)c3c(C)c(=O)n2C)c(F)c1. The maximum Gasteiger partial charge on any atom is 0.336 e. The average molecular weight is 559 g/mol. The topological polar surface area (TPSA) is 102 Å². The van der Waals surface area contributed by atoms with Gasteiger partial charge in [0.2, 0.25) is 5.91 Å². The first-order valence-corrected chi connectivity index (χ1v) is 13.6. The summed E-state index contributed by atoms with van der Waals surface area (Å²) >= 11 is 0. The summed E-state index contributed by atoms with van der Waals surface area (Å²) in [5.41, 5.74) is 0.676. The maximum absolute atomic E-state index is 14.9. The normalized spacial score (nSPS) is 16.0. The molecule has 2 aromatic heterocycles. The van der Waals surface area contributed by atoms with Crippen molar-refractivity contribution in [2.24, 2.45) is 7.05 Å². The van der Waals surface area contributed by atoms with Gasteiger partial charge in [-0.3, -0.25) is 33.0 Å². The van der Waals surface area contributed by atoms with Gasteiger partial charge in [-0.05, 0) is 69.6 Å². The average Bonchev–Trinajstić information content (AvgIpc) is 3.76. The van der Waals surface area contributed by atoms with Crippen molar-refractivity contribution in [3.8, 4) is 5.69 Å². The smallest absolute Gasteiger partial charge is 0.336 e. The Balaban J connectivity index is 1.65. The van der Waals surface area contributed by atoms with E-state index in [9.17, 15) is 23.6 Å². The summed E-state index contributed by atoms with van der Waals surface area (Å²) in [7, 11) is 3.40. The molecular weight excluding hydrogens is 527 g/mol. The Labute approximate surface area is 234 Å². The summed E-state index contributed by atoms with van der Waals surface area (Å²) in [5.74, 6) is -0.504. The fourth-order valence-corrected chi connectivity index (χ4v) is 5.57. The molecule has 6 rings (SSSR count). The number of likely N-dealkylation sites (N-methyl/N-ethyl adjacent to an activating group) is 1. The first-order chi connectivity index (χ1) is 19.6. The van der Waals surface area contributed by atoms with Crippen LogP contribution in [0.15, 0.2) is 56.8 Å². The number of piperazine rings is 1. The third-order valence-electron chi connectivity index (χ3n) is 7.94. The van der Waals surface area contributed by atoms with Crippen LogP contribution >= 0.6 is 0 Å². The number of nitrogens with zero attached hydrogens (tertiary/aromatic N) is 5. The summed E-state index contributed by atoms with van der Waals surface area (Å²) in [6.45, 7) is 4.81. The van der Waals surface area contributed by atoms with Crippen LogP contribution < -0.4 is 27.0 Å². The first-order valence-electron chi connectivity index (χ1n) is 13.6. The largest absolute Gasteiger partial charge is 0.338 e. The summed E-state index contributed by atoms with van der Waals surface area (Å²) < 4.78 is 18.8. The Bertz CT molecular complexity index is 1920. The van der Waals surface area contributed by atoms with Gasteiger partial charge in [0.25, 0.3) is 11.1 Å². The minimum atomic E-state index is -0.560. The molecule has 0 atom stereocenters. The summed E-state index contributed by atoms with van der Waals surface area (Å²) in [6, 6.07) is 11.4. The van der Waals surface area contributed by atoms with Crippen LogP contribution in [0.4, 0.5) is 21.6 Å². The van der Waals surface area contributed by atoms with Crippen LogP contribution in [0.5, 0.6) is 0 Å². The second kappa shape index (κ2) is 9.84. The van der Waals surface area contributed by atoms with E-state index >= 15 is 0 Å². The molecule has 1 amide bonds. The summed E-state index contributed by atoms with van der Waals surface area (Å²) in [4.78, 5) is 58.0. The molecule has 3 heterocycles. The molecule has 2 aliphatic rings. The van der Waals surface area contributed by atoms with Crippen molar-refractivity contribution in [1.82, 2.24) is 18.6 Å². The monoisotopic (exact) mass is 558 g/mol. The molecular formula is C30H31FN6O4. The molecule has 212 valence electrons. The number of aryl methyl sites for hydroxylation is 2. The van der Waals surface area contributed by atoms with Crippen molar-refractivity contribution < 1.29 is 9.18 Å². The first kappa shape index (κ1) is 26.7. The van der Waals surface area contributed by atoms with Crippen molar-refractivity contribution >= 4 is 34.0 Å². The predicted molar refractivity (Wildman–Crippen MR) is 156 cm³/mol. The second-order valence-corrected chi connectivity index (χ2v) is 11.0. The zero-order chi connectivity index (χ0) is 29.2. The number of fused-ring (bicyclic) bond motifs is 1. The number of benzene rings is 2. The van der Waals surface area contributed by atoms with E-state index in [1.807, 2.05) is 11.9 Å². The molecule has 1 aliphatic carbocycles. The van der Waals surface area contributed by atoms with E-state index in [4.69, 9.17) is 0 Å². The van der Waals surface area contributed by atoms with Crippen LogP contribution in [0.1, 0.15) is 30.0 Å². The number of rotatable bonds is 5. The summed E-state index contributed by atoms with van der Waals surface area (Å²) in [6.07, 6.45) is 1.35. The Morgan fingerprint density at radius 2 is 1.63 bits per heavy atom. The fourth-order valence-electron chi connectivity index (χ4n) is 5.57. The van der Waals surface area contributed by atoms with Gasteiger partial charge >= 0.3 is 5.69 Å². The Hall–Kier alpha value is -4.51. The van der Waals surface area contributed by atoms with Gasteiger partial charge in [-0.15, -0.1) is 0 Å². The zero-order valence-corrected chi connectivity index (χ0v) is 23.4. The highest BCUT2D eigenvalue weighted by atomic mass is 19.1. The number of hydrogen-bond acceptors (Lipinski definition) is 6. The van der Waals surface area contributed by atoms with Crippen molar-refractivity contribution in [3.63, 3.8) is 0 Å². The van der Waals surface area contributed by atoms with Crippen LogP contribution in [-0.4, -0.2) is 51.2 Å². The molecule has 1 saturated carbocycles. The number of aromatic nitrogens is 3. The van der Waals surface area contributed by atoms with Crippen LogP contribution in [-0.2, 0) is 11.8 Å². The van der Waals surface area contributed by atoms with E-state index in [0.29, 0.717) is 37.3 Å². The molecule has 2 fully saturated rings. The molecule has 41 heavy (non-hydrogen) atoms. The lowest BCUT2D eigenvalue weighted by molar-refractivity contribution is -0.120. The number of carbonyl (C=O) groups excluding carboxylic acids is 1. The van der Waals surface area contributed by atoms with Crippen LogP contribution in [0.2, 0.25) is 0 Å². The number of pyridine rings is 1.